The number of alkyl carbamates (subject to hydrolysis) is 1. The van der Waals surface area contributed by atoms with Crippen LogP contribution in [0.3, 0.4) is 0 Å². The van der Waals surface area contributed by atoms with Gasteiger partial charge in [-0.25, -0.2) is 9.59 Å². The van der Waals surface area contributed by atoms with Crippen LogP contribution in [0.2, 0.25) is 0 Å². The normalized spacial score (nSPS) is 13.5. The van der Waals surface area contributed by atoms with Crippen LogP contribution in [-0.2, 0) is 27.1 Å². The number of hydrogen-bond donors (Lipinski definition) is 1. The predicted octanol–water partition coefficient (Wildman–Crippen LogP) is 6.04. The minimum absolute atomic E-state index is 0.0466. The van der Waals surface area contributed by atoms with Crippen LogP contribution in [0.1, 0.15) is 55.9 Å². The molecule has 35 heavy (non-hydrogen) atoms. The summed E-state index contributed by atoms with van der Waals surface area (Å²) in [6.07, 6.45) is 0.629. The molecule has 4 rings (SSSR count). The molecule has 0 bridgehead atoms. The zero-order chi connectivity index (χ0) is 25.0. The van der Waals surface area contributed by atoms with E-state index in [1.54, 1.807) is 0 Å². The maximum absolute atomic E-state index is 12.9. The van der Waals surface area contributed by atoms with Crippen LogP contribution in [-0.4, -0.2) is 30.3 Å². The Hall–Kier alpha value is -3.60. The molecule has 0 spiro atoms. The van der Waals surface area contributed by atoms with E-state index < -0.39 is 23.7 Å². The van der Waals surface area contributed by atoms with Crippen molar-refractivity contribution in [3.63, 3.8) is 0 Å². The summed E-state index contributed by atoms with van der Waals surface area (Å²) in [5.41, 5.74) is 6.11. The monoisotopic (exact) mass is 471 g/mol. The van der Waals surface area contributed by atoms with Crippen LogP contribution in [0, 0.1) is 0 Å². The molecule has 1 amide bonds. The van der Waals surface area contributed by atoms with E-state index >= 15 is 0 Å². The number of hydrogen-bond acceptors (Lipinski definition) is 4. The van der Waals surface area contributed by atoms with E-state index in [0.29, 0.717) is 6.42 Å². The molecule has 0 fully saturated rings. The first-order valence-corrected chi connectivity index (χ1v) is 12.2. The average Bonchev–Trinajstić information content (AvgIpc) is 3.15. The van der Waals surface area contributed by atoms with Crippen LogP contribution in [0.15, 0.2) is 72.8 Å². The quantitative estimate of drug-likeness (QED) is 0.427. The van der Waals surface area contributed by atoms with Gasteiger partial charge in [0, 0.05) is 12.3 Å². The van der Waals surface area contributed by atoms with Gasteiger partial charge in [0.2, 0.25) is 0 Å². The molecule has 1 N–H and O–H groups in total. The molecule has 3 aromatic carbocycles. The maximum Gasteiger partial charge on any atom is 0.407 e. The van der Waals surface area contributed by atoms with Crippen molar-refractivity contribution in [2.24, 2.45) is 0 Å². The molecule has 3 aromatic rings. The van der Waals surface area contributed by atoms with E-state index in [9.17, 15) is 9.59 Å². The van der Waals surface area contributed by atoms with Gasteiger partial charge in [-0.3, -0.25) is 0 Å². The molecule has 1 aliphatic carbocycles. The zero-order valence-electron chi connectivity index (χ0n) is 20.8. The number of amides is 1. The first-order valence-electron chi connectivity index (χ1n) is 12.2. The molecule has 182 valence electrons. The fraction of sp³-hybridized carbons (Fsp3) is 0.333. The molecule has 5 heteroatoms. The summed E-state index contributed by atoms with van der Waals surface area (Å²) in [5, 5.41) is 2.75. The third-order valence-electron chi connectivity index (χ3n) is 6.20. The summed E-state index contributed by atoms with van der Waals surface area (Å²) in [4.78, 5) is 25.8. The third-order valence-corrected chi connectivity index (χ3v) is 6.20. The molecule has 5 nitrogen and oxygen atoms in total. The van der Waals surface area contributed by atoms with Crippen LogP contribution < -0.4 is 5.32 Å². The van der Waals surface area contributed by atoms with E-state index in [2.05, 4.69) is 36.5 Å². The van der Waals surface area contributed by atoms with Crippen LogP contribution >= 0.6 is 0 Å². The lowest BCUT2D eigenvalue weighted by molar-refractivity contribution is -0.157. The number of ether oxygens (including phenoxy) is 2. The largest absolute Gasteiger partial charge is 0.458 e. The summed E-state index contributed by atoms with van der Waals surface area (Å²) >= 11 is 0. The van der Waals surface area contributed by atoms with Crippen molar-refractivity contribution in [2.45, 2.75) is 58.1 Å². The van der Waals surface area contributed by atoms with Gasteiger partial charge in [0.15, 0.2) is 0 Å². The summed E-state index contributed by atoms with van der Waals surface area (Å²) in [7, 11) is 0. The maximum atomic E-state index is 12.9. The number of carbonyl (C=O) groups is 2. The Bertz CT molecular complexity index is 1150. The van der Waals surface area contributed by atoms with Crippen molar-refractivity contribution in [1.29, 1.82) is 0 Å². The standard InChI is InChI=1S/C30H33NO4/c1-5-20-14-16-21(17-15-20)18-27(28(32)35-30(2,3)4)31-29(33)34-19-26-24-12-8-6-10-22(24)23-11-7-9-13-25(23)26/h6-17,26-27H,5,18-19H2,1-4H3,(H,31,33). The molecule has 0 aromatic heterocycles. The fourth-order valence-corrected chi connectivity index (χ4v) is 4.50. The van der Waals surface area contributed by atoms with Crippen LogP contribution in [0.4, 0.5) is 4.79 Å². The highest BCUT2D eigenvalue weighted by molar-refractivity contribution is 5.82. The molecule has 0 radical (unpaired) electrons. The topological polar surface area (TPSA) is 64.6 Å². The van der Waals surface area contributed by atoms with E-state index in [0.717, 1.165) is 23.1 Å². The summed E-state index contributed by atoms with van der Waals surface area (Å²) in [5.74, 6) is -0.528. The van der Waals surface area contributed by atoms with Crippen molar-refractivity contribution in [2.75, 3.05) is 6.61 Å². The summed E-state index contributed by atoms with van der Waals surface area (Å²) < 4.78 is 11.2. The van der Waals surface area contributed by atoms with E-state index in [4.69, 9.17) is 9.47 Å². The predicted molar refractivity (Wildman–Crippen MR) is 137 cm³/mol. The van der Waals surface area contributed by atoms with Gasteiger partial charge in [0.25, 0.3) is 0 Å². The van der Waals surface area contributed by atoms with Gasteiger partial charge < -0.3 is 14.8 Å². The Balaban J connectivity index is 1.46. The summed E-state index contributed by atoms with van der Waals surface area (Å²) in [6.45, 7) is 7.71. The highest BCUT2D eigenvalue weighted by Gasteiger charge is 2.31. The molecule has 0 heterocycles. The number of fused-ring (bicyclic) bond motifs is 3. The lowest BCUT2D eigenvalue weighted by Gasteiger charge is -2.25. The number of carbonyl (C=O) groups excluding carboxylic acids is 2. The molecule has 1 atom stereocenters. The van der Waals surface area contributed by atoms with Gasteiger partial charge in [-0.2, -0.15) is 0 Å². The summed E-state index contributed by atoms with van der Waals surface area (Å²) in [6, 6.07) is 23.6. The highest BCUT2D eigenvalue weighted by Crippen LogP contribution is 2.44. The van der Waals surface area contributed by atoms with Crippen molar-refractivity contribution in [3.8, 4) is 11.1 Å². The first kappa shape index (κ1) is 24.5. The van der Waals surface area contributed by atoms with Crippen molar-refractivity contribution in [1.82, 2.24) is 5.32 Å². The molecule has 0 aliphatic heterocycles. The number of rotatable bonds is 7. The molecule has 1 unspecified atom stereocenters. The second-order valence-electron chi connectivity index (χ2n) is 9.93. The smallest absolute Gasteiger partial charge is 0.407 e. The van der Waals surface area contributed by atoms with E-state index in [1.807, 2.05) is 69.3 Å². The van der Waals surface area contributed by atoms with Crippen molar-refractivity contribution in [3.05, 3.63) is 95.1 Å². The minimum Gasteiger partial charge on any atom is -0.458 e. The molecule has 1 aliphatic rings. The van der Waals surface area contributed by atoms with E-state index in [1.165, 1.54) is 16.7 Å². The Kier molecular flexibility index (Phi) is 7.25. The second kappa shape index (κ2) is 10.3. The zero-order valence-corrected chi connectivity index (χ0v) is 20.8. The Labute approximate surface area is 207 Å². The highest BCUT2D eigenvalue weighted by atomic mass is 16.6. The van der Waals surface area contributed by atoms with Gasteiger partial charge in [-0.15, -0.1) is 0 Å². The number of benzene rings is 3. The third kappa shape index (κ3) is 5.91. The van der Waals surface area contributed by atoms with Crippen molar-refractivity contribution < 1.29 is 19.1 Å². The van der Waals surface area contributed by atoms with Gasteiger partial charge in [0.1, 0.15) is 18.2 Å². The minimum atomic E-state index is -0.850. The average molecular weight is 472 g/mol. The fourth-order valence-electron chi connectivity index (χ4n) is 4.50. The molecular weight excluding hydrogens is 438 g/mol. The Morgan fingerprint density at radius 2 is 1.40 bits per heavy atom. The Morgan fingerprint density at radius 1 is 0.857 bits per heavy atom. The van der Waals surface area contributed by atoms with Crippen LogP contribution in [0.25, 0.3) is 11.1 Å². The SMILES string of the molecule is CCc1ccc(CC(NC(=O)OCC2c3ccccc3-c3ccccc32)C(=O)OC(C)(C)C)cc1. The van der Waals surface area contributed by atoms with E-state index in [-0.39, 0.29) is 12.5 Å². The lowest BCUT2D eigenvalue weighted by Crippen LogP contribution is -2.46. The Morgan fingerprint density at radius 3 is 1.94 bits per heavy atom. The second-order valence-corrected chi connectivity index (χ2v) is 9.93. The van der Waals surface area contributed by atoms with Crippen molar-refractivity contribution >= 4 is 12.1 Å². The lowest BCUT2D eigenvalue weighted by atomic mass is 9.98. The van der Waals surface area contributed by atoms with Gasteiger partial charge in [-0.05, 0) is 60.6 Å². The molecule has 0 saturated heterocycles. The van der Waals surface area contributed by atoms with Gasteiger partial charge in [-0.1, -0.05) is 79.7 Å². The number of esters is 1. The van der Waals surface area contributed by atoms with Gasteiger partial charge >= 0.3 is 12.1 Å². The number of nitrogens with one attached hydrogen (secondary N) is 1. The van der Waals surface area contributed by atoms with Crippen LogP contribution in [0.5, 0.6) is 0 Å². The molecule has 0 saturated carbocycles. The first-order chi connectivity index (χ1) is 16.7. The molecular formula is C30H33NO4. The van der Waals surface area contributed by atoms with Gasteiger partial charge in [0.05, 0.1) is 0 Å². The number of aryl methyl sites for hydroxylation is 1.